The van der Waals surface area contributed by atoms with Gasteiger partial charge in [0.15, 0.2) is 0 Å². The zero-order valence-corrected chi connectivity index (χ0v) is 17.3. The van der Waals surface area contributed by atoms with Crippen LogP contribution in [0, 0.1) is 0 Å². The number of thioether (sulfide) groups is 1. The van der Waals surface area contributed by atoms with E-state index in [0.717, 1.165) is 21.6 Å². The van der Waals surface area contributed by atoms with Crippen molar-refractivity contribution in [3.05, 3.63) is 96.1 Å². The third-order valence-corrected chi connectivity index (χ3v) is 5.51. The maximum Gasteiger partial charge on any atom is 0.322 e. The highest BCUT2D eigenvalue weighted by Crippen LogP contribution is 2.29. The molecule has 6 heteroatoms. The van der Waals surface area contributed by atoms with E-state index in [9.17, 15) is 4.79 Å². The van der Waals surface area contributed by atoms with E-state index in [2.05, 4.69) is 15.5 Å². The fourth-order valence-electron chi connectivity index (χ4n) is 3.30. The minimum absolute atomic E-state index is 0.0620. The molecule has 4 aromatic rings. The Balaban J connectivity index is 1.50. The van der Waals surface area contributed by atoms with Crippen LogP contribution < -0.4 is 5.32 Å². The average molecular weight is 416 g/mol. The summed E-state index contributed by atoms with van der Waals surface area (Å²) in [5, 5.41) is 10.8. The van der Waals surface area contributed by atoms with Gasteiger partial charge in [-0.25, -0.2) is 0 Å². The molecule has 0 spiro atoms. The fourth-order valence-corrected chi connectivity index (χ4v) is 3.76. The van der Waals surface area contributed by atoms with Crippen LogP contribution in [-0.2, 0) is 4.79 Å². The van der Waals surface area contributed by atoms with Crippen molar-refractivity contribution >= 4 is 23.7 Å². The molecule has 0 saturated heterocycles. The molecule has 0 aliphatic heterocycles. The summed E-state index contributed by atoms with van der Waals surface area (Å²) < 4.78 is 5.67. The lowest BCUT2D eigenvalue weighted by atomic mass is 9.88. The molecule has 3 aromatic carbocycles. The number of hydrogen-bond acceptors (Lipinski definition) is 5. The molecule has 150 valence electrons. The van der Waals surface area contributed by atoms with E-state index in [1.165, 1.54) is 0 Å². The average Bonchev–Trinajstić information content (AvgIpc) is 3.27. The normalized spacial score (nSPS) is 10.9. The lowest BCUT2D eigenvalue weighted by molar-refractivity contribution is -0.116. The number of carbonyl (C=O) groups excluding carboxylic acids is 1. The number of aromatic nitrogens is 2. The van der Waals surface area contributed by atoms with Gasteiger partial charge < -0.3 is 4.42 Å². The fraction of sp³-hybridized carbons (Fsp3) is 0.125. The van der Waals surface area contributed by atoms with E-state index in [1.807, 2.05) is 91.2 Å². The van der Waals surface area contributed by atoms with E-state index >= 15 is 0 Å². The molecule has 5 nitrogen and oxygen atoms in total. The van der Waals surface area contributed by atoms with Crippen LogP contribution >= 0.6 is 11.8 Å². The first-order valence-electron chi connectivity index (χ1n) is 9.60. The van der Waals surface area contributed by atoms with E-state index in [-0.39, 0.29) is 24.3 Å². The van der Waals surface area contributed by atoms with Gasteiger partial charge in [0.25, 0.3) is 0 Å². The summed E-state index contributed by atoms with van der Waals surface area (Å²) in [6, 6.07) is 27.9. The van der Waals surface area contributed by atoms with Gasteiger partial charge in [0.1, 0.15) is 0 Å². The minimum atomic E-state index is -0.180. The van der Waals surface area contributed by atoms with E-state index in [4.69, 9.17) is 4.42 Å². The van der Waals surface area contributed by atoms with Crippen LogP contribution in [-0.4, -0.2) is 22.4 Å². The molecule has 1 aromatic heterocycles. The van der Waals surface area contributed by atoms with Gasteiger partial charge in [-0.1, -0.05) is 71.8 Å². The first-order chi connectivity index (χ1) is 14.7. The van der Waals surface area contributed by atoms with Gasteiger partial charge >= 0.3 is 6.01 Å². The Morgan fingerprint density at radius 2 is 1.60 bits per heavy atom. The van der Waals surface area contributed by atoms with Crippen LogP contribution in [0.5, 0.6) is 0 Å². The SMILES string of the molecule is CSc1cccc(-c2nnc(NC(=O)CC(c3ccccc3)c3ccccc3)o2)c1. The number of nitrogens with zero attached hydrogens (tertiary/aromatic N) is 2. The number of benzene rings is 3. The number of nitrogens with one attached hydrogen (secondary N) is 1. The van der Waals surface area contributed by atoms with Crippen LogP contribution in [0.4, 0.5) is 6.01 Å². The molecule has 0 unspecified atom stereocenters. The number of amides is 1. The van der Waals surface area contributed by atoms with Gasteiger partial charge in [-0.05, 0) is 35.6 Å². The Bertz CT molecular complexity index is 1070. The second kappa shape index (κ2) is 9.41. The molecule has 1 amide bonds. The standard InChI is InChI=1S/C24H21N3O2S/c1-30-20-14-8-13-19(15-20)23-26-27-24(29-23)25-22(28)16-21(17-9-4-2-5-10-17)18-11-6-3-7-12-18/h2-15,21H,16H2,1H3,(H,25,27,28). The summed E-state index contributed by atoms with van der Waals surface area (Å²) in [7, 11) is 0. The molecule has 1 N–H and O–H groups in total. The van der Waals surface area contributed by atoms with Gasteiger partial charge in [-0.3, -0.25) is 10.1 Å². The quantitative estimate of drug-likeness (QED) is 0.397. The third-order valence-electron chi connectivity index (χ3n) is 4.78. The van der Waals surface area contributed by atoms with Gasteiger partial charge in [-0.15, -0.1) is 16.9 Å². The Morgan fingerprint density at radius 3 is 2.23 bits per heavy atom. The van der Waals surface area contributed by atoms with Crippen LogP contribution in [0.2, 0.25) is 0 Å². The predicted molar refractivity (Wildman–Crippen MR) is 119 cm³/mol. The number of carbonyl (C=O) groups is 1. The van der Waals surface area contributed by atoms with Gasteiger partial charge in [-0.2, -0.15) is 0 Å². The Morgan fingerprint density at radius 1 is 0.933 bits per heavy atom. The summed E-state index contributed by atoms with van der Waals surface area (Å²) >= 11 is 1.64. The van der Waals surface area contributed by atoms with Crippen LogP contribution in [0.15, 0.2) is 94.2 Å². The lowest BCUT2D eigenvalue weighted by Crippen LogP contribution is -2.16. The monoisotopic (exact) mass is 415 g/mol. The van der Waals surface area contributed by atoms with Crippen molar-refractivity contribution in [2.45, 2.75) is 17.2 Å². The molecule has 0 radical (unpaired) electrons. The molecule has 4 rings (SSSR count). The van der Waals surface area contributed by atoms with Crippen molar-refractivity contribution in [2.24, 2.45) is 0 Å². The summed E-state index contributed by atoms with van der Waals surface area (Å²) in [4.78, 5) is 13.9. The molecule has 0 bridgehead atoms. The maximum atomic E-state index is 12.8. The molecular weight excluding hydrogens is 394 g/mol. The number of rotatable bonds is 7. The molecule has 0 aliphatic rings. The highest BCUT2D eigenvalue weighted by molar-refractivity contribution is 7.98. The predicted octanol–water partition coefficient (Wildman–Crippen LogP) is 5.62. The maximum absolute atomic E-state index is 12.8. The Hall–Kier alpha value is -3.38. The first-order valence-corrected chi connectivity index (χ1v) is 10.8. The smallest absolute Gasteiger partial charge is 0.322 e. The molecule has 1 heterocycles. The van der Waals surface area contributed by atoms with Crippen LogP contribution in [0.25, 0.3) is 11.5 Å². The zero-order chi connectivity index (χ0) is 20.8. The number of anilines is 1. The van der Waals surface area contributed by atoms with Crippen molar-refractivity contribution in [1.82, 2.24) is 10.2 Å². The summed E-state index contributed by atoms with van der Waals surface area (Å²) in [5.74, 6) is 0.137. The minimum Gasteiger partial charge on any atom is -0.403 e. The van der Waals surface area contributed by atoms with Gasteiger partial charge in [0.2, 0.25) is 11.8 Å². The second-order valence-electron chi connectivity index (χ2n) is 6.77. The highest BCUT2D eigenvalue weighted by Gasteiger charge is 2.20. The van der Waals surface area contributed by atoms with E-state index in [0.29, 0.717) is 5.89 Å². The summed E-state index contributed by atoms with van der Waals surface area (Å²) in [6.07, 6.45) is 2.28. The Labute approximate surface area is 179 Å². The zero-order valence-electron chi connectivity index (χ0n) is 16.5. The molecular formula is C24H21N3O2S. The molecule has 0 aliphatic carbocycles. The largest absolute Gasteiger partial charge is 0.403 e. The molecule has 0 atom stereocenters. The van der Waals surface area contributed by atoms with Crippen molar-refractivity contribution < 1.29 is 9.21 Å². The molecule has 30 heavy (non-hydrogen) atoms. The number of hydrogen-bond donors (Lipinski definition) is 1. The van der Waals surface area contributed by atoms with Crippen molar-refractivity contribution in [3.8, 4) is 11.5 Å². The second-order valence-corrected chi connectivity index (χ2v) is 7.65. The van der Waals surface area contributed by atoms with Crippen molar-refractivity contribution in [1.29, 1.82) is 0 Å². The van der Waals surface area contributed by atoms with E-state index < -0.39 is 0 Å². The van der Waals surface area contributed by atoms with Gasteiger partial charge in [0, 0.05) is 22.8 Å². The van der Waals surface area contributed by atoms with Crippen LogP contribution in [0.3, 0.4) is 0 Å². The van der Waals surface area contributed by atoms with Gasteiger partial charge in [0.05, 0.1) is 0 Å². The molecule has 0 fully saturated rings. The molecule has 0 saturated carbocycles. The lowest BCUT2D eigenvalue weighted by Gasteiger charge is -2.17. The Kier molecular flexibility index (Phi) is 6.25. The third kappa shape index (κ3) is 4.78. The van der Waals surface area contributed by atoms with Crippen LogP contribution in [0.1, 0.15) is 23.5 Å². The van der Waals surface area contributed by atoms with Crippen molar-refractivity contribution in [3.63, 3.8) is 0 Å². The summed E-state index contributed by atoms with van der Waals surface area (Å²) in [5.41, 5.74) is 2.99. The van der Waals surface area contributed by atoms with Crippen molar-refractivity contribution in [2.75, 3.05) is 11.6 Å². The topological polar surface area (TPSA) is 68.0 Å². The van der Waals surface area contributed by atoms with E-state index in [1.54, 1.807) is 11.8 Å². The highest BCUT2D eigenvalue weighted by atomic mass is 32.2. The summed E-state index contributed by atoms with van der Waals surface area (Å²) in [6.45, 7) is 0. The first kappa shape index (κ1) is 19.9.